The maximum atomic E-state index is 12.8. The van der Waals surface area contributed by atoms with Gasteiger partial charge in [0, 0.05) is 11.4 Å². The van der Waals surface area contributed by atoms with E-state index in [1.54, 1.807) is 0 Å². The predicted molar refractivity (Wildman–Crippen MR) is 95.6 cm³/mol. The second-order valence-corrected chi connectivity index (χ2v) is 6.20. The predicted octanol–water partition coefficient (Wildman–Crippen LogP) is 3.99. The van der Waals surface area contributed by atoms with E-state index in [4.69, 9.17) is 0 Å². The van der Waals surface area contributed by atoms with Crippen molar-refractivity contribution < 1.29 is 9.59 Å². The first kappa shape index (κ1) is 16.0. The van der Waals surface area contributed by atoms with E-state index < -0.39 is 5.41 Å². The number of hydrogen-bond acceptors (Lipinski definition) is 2. The summed E-state index contributed by atoms with van der Waals surface area (Å²) in [6.07, 6.45) is 0.465. The van der Waals surface area contributed by atoms with Gasteiger partial charge < -0.3 is 10.6 Å². The summed E-state index contributed by atoms with van der Waals surface area (Å²) in [4.78, 5) is 25.7. The fraction of sp³-hybridized carbons (Fsp3) is 0.200. The number of hydrogen-bond donors (Lipinski definition) is 2. The molecule has 24 heavy (non-hydrogen) atoms. The third-order valence-electron chi connectivity index (χ3n) is 4.27. The van der Waals surface area contributed by atoms with Crippen LogP contribution in [0.1, 0.15) is 20.3 Å². The largest absolute Gasteiger partial charge is 0.325 e. The number of carbonyl (C=O) groups excluding carboxylic acids is 2. The molecule has 1 saturated carbocycles. The number of para-hydroxylation sites is 2. The van der Waals surface area contributed by atoms with Crippen molar-refractivity contribution in [3.63, 3.8) is 0 Å². The molecule has 122 valence electrons. The van der Waals surface area contributed by atoms with Crippen LogP contribution in [0.2, 0.25) is 0 Å². The lowest BCUT2D eigenvalue weighted by molar-refractivity contribution is -0.130. The molecule has 0 saturated heterocycles. The molecule has 1 fully saturated rings. The fourth-order valence-electron chi connectivity index (χ4n) is 2.88. The van der Waals surface area contributed by atoms with E-state index in [1.807, 2.05) is 74.5 Å². The summed E-state index contributed by atoms with van der Waals surface area (Å²) in [6, 6.07) is 18.4. The zero-order valence-electron chi connectivity index (χ0n) is 13.8. The molecule has 0 unspecified atom stereocenters. The molecule has 4 heteroatoms. The topological polar surface area (TPSA) is 58.2 Å². The Balaban J connectivity index is 1.85. The summed E-state index contributed by atoms with van der Waals surface area (Å²) in [7, 11) is 0. The van der Waals surface area contributed by atoms with Crippen LogP contribution in [0, 0.1) is 5.41 Å². The van der Waals surface area contributed by atoms with E-state index in [2.05, 4.69) is 10.6 Å². The Morgan fingerprint density at radius 2 is 1.21 bits per heavy atom. The lowest BCUT2D eigenvalue weighted by Gasteiger charge is -2.16. The highest BCUT2D eigenvalue weighted by Crippen LogP contribution is 2.55. The van der Waals surface area contributed by atoms with Crippen LogP contribution in [-0.4, -0.2) is 11.8 Å². The molecular weight excluding hydrogens is 300 g/mol. The summed E-state index contributed by atoms with van der Waals surface area (Å²) >= 11 is 0. The lowest BCUT2D eigenvalue weighted by Crippen LogP contribution is -2.36. The molecule has 0 atom stereocenters. The van der Waals surface area contributed by atoms with Crippen LogP contribution >= 0.6 is 0 Å². The van der Waals surface area contributed by atoms with Gasteiger partial charge in [0.25, 0.3) is 0 Å². The van der Waals surface area contributed by atoms with E-state index in [-0.39, 0.29) is 11.8 Å². The number of rotatable bonds is 4. The van der Waals surface area contributed by atoms with E-state index in [9.17, 15) is 9.59 Å². The Labute approximate surface area is 141 Å². The Morgan fingerprint density at radius 1 is 0.792 bits per heavy atom. The van der Waals surface area contributed by atoms with Gasteiger partial charge in [0.05, 0.1) is 0 Å². The Bertz CT molecular complexity index is 737. The molecule has 0 radical (unpaired) electrons. The fourth-order valence-corrected chi connectivity index (χ4v) is 2.88. The van der Waals surface area contributed by atoms with Gasteiger partial charge >= 0.3 is 0 Å². The zero-order chi connectivity index (χ0) is 17.2. The molecule has 2 N–H and O–H groups in total. The average Bonchev–Trinajstić information content (AvgIpc) is 3.34. The van der Waals surface area contributed by atoms with Crippen molar-refractivity contribution in [2.75, 3.05) is 10.6 Å². The van der Waals surface area contributed by atoms with Crippen LogP contribution in [0.25, 0.3) is 0 Å². The van der Waals surface area contributed by atoms with Crippen LogP contribution in [-0.2, 0) is 9.59 Å². The van der Waals surface area contributed by atoms with Crippen LogP contribution in [0.3, 0.4) is 0 Å². The minimum atomic E-state index is -1.11. The average molecular weight is 320 g/mol. The number of amides is 2. The standard InChI is InChI=1S/C20H20N2O2/c1-14(2)17-13-20(17,18(23)21-15-9-5-3-6-10-15)19(24)22-16-11-7-4-8-12-16/h3-12H,13H2,1-2H3,(H,21,23)(H,22,24). The van der Waals surface area contributed by atoms with Gasteiger partial charge in [-0.3, -0.25) is 9.59 Å². The number of carbonyl (C=O) groups is 2. The van der Waals surface area contributed by atoms with Gasteiger partial charge in [0.2, 0.25) is 11.8 Å². The monoisotopic (exact) mass is 320 g/mol. The molecule has 3 rings (SSSR count). The number of benzene rings is 2. The summed E-state index contributed by atoms with van der Waals surface area (Å²) in [6.45, 7) is 3.87. The molecule has 0 bridgehead atoms. The highest BCUT2D eigenvalue weighted by atomic mass is 16.2. The molecule has 1 aliphatic carbocycles. The van der Waals surface area contributed by atoms with Crippen LogP contribution in [0.5, 0.6) is 0 Å². The van der Waals surface area contributed by atoms with Gasteiger partial charge in [-0.15, -0.1) is 0 Å². The molecule has 0 aromatic heterocycles. The first-order chi connectivity index (χ1) is 11.5. The third kappa shape index (κ3) is 2.95. The van der Waals surface area contributed by atoms with Crippen molar-refractivity contribution in [1.82, 2.24) is 0 Å². The first-order valence-electron chi connectivity index (χ1n) is 7.94. The van der Waals surface area contributed by atoms with Crippen molar-refractivity contribution in [2.45, 2.75) is 20.3 Å². The van der Waals surface area contributed by atoms with Gasteiger partial charge in [-0.1, -0.05) is 42.0 Å². The number of allylic oxidation sites excluding steroid dienone is 1. The summed E-state index contributed by atoms with van der Waals surface area (Å²) in [5.74, 6) is -0.559. The van der Waals surface area contributed by atoms with Gasteiger partial charge in [-0.2, -0.15) is 0 Å². The van der Waals surface area contributed by atoms with Crippen molar-refractivity contribution >= 4 is 23.2 Å². The van der Waals surface area contributed by atoms with Gasteiger partial charge in [-0.05, 0) is 50.1 Å². The summed E-state index contributed by atoms with van der Waals surface area (Å²) < 4.78 is 0. The SMILES string of the molecule is CC(C)=C1CC1(C(=O)Nc1ccccc1)C(=O)Nc1ccccc1. The number of nitrogens with one attached hydrogen (secondary N) is 2. The molecule has 0 heterocycles. The van der Waals surface area contributed by atoms with E-state index in [1.165, 1.54) is 0 Å². The minimum Gasteiger partial charge on any atom is -0.325 e. The third-order valence-corrected chi connectivity index (χ3v) is 4.27. The van der Waals surface area contributed by atoms with Crippen molar-refractivity contribution in [3.8, 4) is 0 Å². The second kappa shape index (κ2) is 6.32. The van der Waals surface area contributed by atoms with Crippen molar-refractivity contribution in [3.05, 3.63) is 71.8 Å². The van der Waals surface area contributed by atoms with E-state index >= 15 is 0 Å². The second-order valence-electron chi connectivity index (χ2n) is 6.20. The molecule has 4 nitrogen and oxygen atoms in total. The summed E-state index contributed by atoms with van der Waals surface area (Å²) in [5, 5.41) is 5.72. The highest BCUT2D eigenvalue weighted by Gasteiger charge is 2.62. The summed E-state index contributed by atoms with van der Waals surface area (Å²) in [5.41, 5.74) is 2.18. The molecule has 2 aromatic rings. The minimum absolute atomic E-state index is 0.279. The Kier molecular flexibility index (Phi) is 4.21. The molecule has 0 aliphatic heterocycles. The van der Waals surface area contributed by atoms with Crippen LogP contribution < -0.4 is 10.6 Å². The van der Waals surface area contributed by atoms with Gasteiger partial charge in [0.1, 0.15) is 0 Å². The molecular formula is C20H20N2O2. The quantitative estimate of drug-likeness (QED) is 0.661. The smallest absolute Gasteiger partial charge is 0.244 e. The van der Waals surface area contributed by atoms with Gasteiger partial charge in [-0.25, -0.2) is 0 Å². The van der Waals surface area contributed by atoms with Gasteiger partial charge in [0.15, 0.2) is 5.41 Å². The first-order valence-corrected chi connectivity index (χ1v) is 7.94. The lowest BCUT2D eigenvalue weighted by atomic mass is 10.0. The Morgan fingerprint density at radius 3 is 1.54 bits per heavy atom. The van der Waals surface area contributed by atoms with E-state index in [0.29, 0.717) is 17.8 Å². The maximum Gasteiger partial charge on any atom is 0.244 e. The normalized spacial score (nSPS) is 14.7. The number of anilines is 2. The maximum absolute atomic E-state index is 12.8. The molecule has 2 amide bonds. The molecule has 2 aromatic carbocycles. The molecule has 1 aliphatic rings. The Hall–Kier alpha value is -2.88. The van der Waals surface area contributed by atoms with Crippen molar-refractivity contribution in [2.24, 2.45) is 5.41 Å². The molecule has 0 spiro atoms. The van der Waals surface area contributed by atoms with Crippen molar-refractivity contribution in [1.29, 1.82) is 0 Å². The highest BCUT2D eigenvalue weighted by molar-refractivity contribution is 6.21. The zero-order valence-corrected chi connectivity index (χ0v) is 13.8. The van der Waals surface area contributed by atoms with Crippen LogP contribution in [0.15, 0.2) is 71.8 Å². The van der Waals surface area contributed by atoms with Crippen LogP contribution in [0.4, 0.5) is 11.4 Å². The van der Waals surface area contributed by atoms with E-state index in [0.717, 1.165) is 11.1 Å².